The Kier molecular flexibility index (Phi) is 34.2. The maximum atomic E-state index is 2.99. The van der Waals surface area contributed by atoms with E-state index in [0.29, 0.717) is 7.92 Å². The van der Waals surface area contributed by atoms with E-state index in [9.17, 15) is 0 Å². The molecule has 0 bridgehead atoms. The van der Waals surface area contributed by atoms with Gasteiger partial charge in [0.15, 0.2) is 0 Å². The average molecular weight is 305 g/mol. The van der Waals surface area contributed by atoms with E-state index in [-0.39, 0.29) is 43.4 Å². The van der Waals surface area contributed by atoms with E-state index in [1.54, 1.807) is 0 Å². The molecule has 4 heteroatoms. The zero-order chi connectivity index (χ0) is 9.23. The van der Waals surface area contributed by atoms with Gasteiger partial charge in [-0.05, 0) is 18.5 Å². The van der Waals surface area contributed by atoms with Crippen LogP contribution in [0.25, 0.3) is 0 Å². The molecule has 0 heterocycles. The normalized spacial score (nSPS) is 10.7. The molecule has 0 unspecified atom stereocenters. The maximum absolute atomic E-state index is 2.99. The molecule has 1 aliphatic carbocycles. The van der Waals surface area contributed by atoms with Crippen LogP contribution in [-0.2, 0) is 18.6 Å². The predicted octanol–water partition coefficient (Wildman–Crippen LogP) is -2.16. The molecule has 1 rings (SSSR count). The Balaban J connectivity index is -0.0000000687. The number of allylic oxidation sites excluding steroid dienone is 4. The van der Waals surface area contributed by atoms with Crippen molar-refractivity contribution < 1.29 is 43.4 Å². The van der Waals surface area contributed by atoms with Gasteiger partial charge in [0, 0.05) is 0 Å². The van der Waals surface area contributed by atoms with Crippen LogP contribution < -0.4 is 24.8 Å². The van der Waals surface area contributed by atoms with E-state index in [4.69, 9.17) is 0 Å². The van der Waals surface area contributed by atoms with Gasteiger partial charge in [0.05, 0.1) is 0 Å². The predicted molar refractivity (Wildman–Crippen MR) is 60.1 cm³/mol. The second kappa shape index (κ2) is 20.5. The summed E-state index contributed by atoms with van der Waals surface area (Å²) in [5.41, 5.74) is 0. The van der Waals surface area contributed by atoms with Gasteiger partial charge in [-0.3, -0.25) is 6.08 Å². The number of hydrogen-bond donors (Lipinski definition) is 0. The Morgan fingerprint density at radius 3 is 1.60 bits per heavy atom. The Morgan fingerprint density at radius 1 is 1.07 bits per heavy atom. The third-order valence-electron chi connectivity index (χ3n) is 1.93. The van der Waals surface area contributed by atoms with E-state index in [1.165, 1.54) is 18.5 Å². The third-order valence-corrected chi connectivity index (χ3v) is 4.61. The molecule has 0 spiro atoms. The van der Waals surface area contributed by atoms with Crippen molar-refractivity contribution in [3.63, 3.8) is 0 Å². The summed E-state index contributed by atoms with van der Waals surface area (Å²) in [7, 11) is 0.446. The van der Waals surface area contributed by atoms with Gasteiger partial charge < -0.3 is 24.8 Å². The van der Waals surface area contributed by atoms with Gasteiger partial charge in [0.2, 0.25) is 0 Å². The summed E-state index contributed by atoms with van der Waals surface area (Å²) >= 11 is 0. The van der Waals surface area contributed by atoms with Gasteiger partial charge in [-0.15, -0.1) is 14.3 Å². The molecule has 0 saturated heterocycles. The van der Waals surface area contributed by atoms with Crippen molar-refractivity contribution in [3.8, 4) is 0 Å². The van der Waals surface area contributed by atoms with Gasteiger partial charge in [0.1, 0.15) is 0 Å². The molecule has 0 atom stereocenters. The van der Waals surface area contributed by atoms with E-state index in [2.05, 4.69) is 32.9 Å². The molecule has 1 radical (unpaired) electrons. The molecule has 15 heavy (non-hydrogen) atoms. The van der Waals surface area contributed by atoms with Crippen LogP contribution in [0.1, 0.15) is 27.2 Å². The van der Waals surface area contributed by atoms with E-state index >= 15 is 0 Å². The van der Waals surface area contributed by atoms with Crippen LogP contribution >= 0.6 is 7.92 Å². The van der Waals surface area contributed by atoms with Crippen LogP contribution in [0.3, 0.4) is 0 Å². The first kappa shape index (κ1) is 25.1. The monoisotopic (exact) mass is 304 g/mol. The molecule has 0 aromatic carbocycles. The average Bonchev–Trinajstić information content (AvgIpc) is 2.64. The number of hydrogen-bond acceptors (Lipinski definition) is 0. The fraction of sp³-hybridized carbons (Fsp3) is 0.636. The largest absolute Gasteiger partial charge is 2.00 e. The molecule has 0 amide bonds. The van der Waals surface area contributed by atoms with Crippen LogP contribution in [0.4, 0.5) is 0 Å². The van der Waals surface area contributed by atoms with Gasteiger partial charge in [-0.2, -0.15) is 6.08 Å². The quantitative estimate of drug-likeness (QED) is 0.412. The van der Waals surface area contributed by atoms with Gasteiger partial charge in [-0.1, -0.05) is 20.8 Å². The minimum atomic E-state index is 0. The topological polar surface area (TPSA) is 0 Å². The molecule has 0 saturated carbocycles. The van der Waals surface area contributed by atoms with E-state index in [0.717, 1.165) is 6.42 Å². The van der Waals surface area contributed by atoms with Crippen molar-refractivity contribution >= 4 is 7.92 Å². The summed E-state index contributed by atoms with van der Waals surface area (Å²) in [4.78, 5) is 0. The molecule has 1 aliphatic rings. The number of rotatable bonds is 3. The summed E-state index contributed by atoms with van der Waals surface area (Å²) in [6.45, 7) is 6.87. The molecular formula is C11H20Cl2PV-. The minimum absolute atomic E-state index is 0. The maximum Gasteiger partial charge on any atom is 2.00 e. The van der Waals surface area contributed by atoms with Crippen molar-refractivity contribution in [2.24, 2.45) is 0 Å². The second-order valence-electron chi connectivity index (χ2n) is 2.62. The van der Waals surface area contributed by atoms with Crippen molar-refractivity contribution in [1.82, 2.24) is 0 Å². The first-order valence-electron chi connectivity index (χ1n) is 4.79. The standard InChI is InChI=1S/C6H15P.C5H5.2ClH.V/c1-4-7(5-2)6-3;1-2-4-5-3-1;;;/h4-6H2,1-3H3;1-3H,4H2;2*1H;/q;-1;;;+2/p-2. The van der Waals surface area contributed by atoms with Crippen LogP contribution in [0, 0.1) is 6.08 Å². The first-order chi connectivity index (χ1) is 5.85. The Labute approximate surface area is 121 Å². The minimum Gasteiger partial charge on any atom is -1.00 e. The summed E-state index contributed by atoms with van der Waals surface area (Å²) in [5.74, 6) is 0. The van der Waals surface area contributed by atoms with Crippen LogP contribution in [-0.4, -0.2) is 18.5 Å². The summed E-state index contributed by atoms with van der Waals surface area (Å²) in [6, 6.07) is 0. The summed E-state index contributed by atoms with van der Waals surface area (Å²) < 4.78 is 0. The van der Waals surface area contributed by atoms with Gasteiger partial charge in [0.25, 0.3) is 0 Å². The molecule has 0 nitrogen and oxygen atoms in total. The van der Waals surface area contributed by atoms with Crippen LogP contribution in [0.5, 0.6) is 0 Å². The zero-order valence-corrected chi connectivity index (χ0v) is 13.5. The molecule has 89 valence electrons. The van der Waals surface area contributed by atoms with E-state index < -0.39 is 0 Å². The van der Waals surface area contributed by atoms with Crippen LogP contribution in [0.2, 0.25) is 0 Å². The third kappa shape index (κ3) is 17.7. The Morgan fingerprint density at radius 2 is 1.53 bits per heavy atom. The Bertz CT molecular complexity index is 130. The van der Waals surface area contributed by atoms with Crippen molar-refractivity contribution in [2.75, 3.05) is 18.5 Å². The Hall–Kier alpha value is 1.07. The molecule has 0 fully saturated rings. The van der Waals surface area contributed by atoms with Crippen LogP contribution in [0.15, 0.2) is 18.2 Å². The summed E-state index contributed by atoms with van der Waals surface area (Å²) in [5, 5.41) is 0. The van der Waals surface area contributed by atoms with Gasteiger partial charge >= 0.3 is 18.6 Å². The van der Waals surface area contributed by atoms with E-state index in [1.807, 2.05) is 12.2 Å². The fourth-order valence-electron chi connectivity index (χ4n) is 1.01. The SMILES string of the molecule is CCP(CC)CC.[C-]1=CC=CC1.[Cl-].[Cl-].[V+2]. The zero-order valence-electron chi connectivity index (χ0n) is 9.71. The van der Waals surface area contributed by atoms with Crippen molar-refractivity contribution in [3.05, 3.63) is 24.3 Å². The molecule has 0 aromatic heterocycles. The van der Waals surface area contributed by atoms with Crippen molar-refractivity contribution in [2.45, 2.75) is 27.2 Å². The molecule has 0 aliphatic heterocycles. The fourth-order valence-corrected chi connectivity index (χ4v) is 2.35. The number of halogens is 2. The van der Waals surface area contributed by atoms with Gasteiger partial charge in [-0.25, -0.2) is 12.2 Å². The summed E-state index contributed by atoms with van der Waals surface area (Å²) in [6.07, 6.45) is 14.3. The van der Waals surface area contributed by atoms with Crippen molar-refractivity contribution in [1.29, 1.82) is 0 Å². The molecule has 0 N–H and O–H groups in total. The second-order valence-corrected chi connectivity index (χ2v) is 5.86. The molecular weight excluding hydrogens is 285 g/mol. The molecule has 0 aromatic rings. The smallest absolute Gasteiger partial charge is 1.00 e. The first-order valence-corrected chi connectivity index (χ1v) is 6.68.